The molecule has 0 saturated heterocycles. The largest absolute Gasteiger partial charge is 0.311 e. The molecule has 0 spiro atoms. The summed E-state index contributed by atoms with van der Waals surface area (Å²) in [5, 5.41) is 10.9. The van der Waals surface area contributed by atoms with Crippen LogP contribution in [0.15, 0.2) is 18.2 Å². The average Bonchev–Trinajstić information content (AvgIpc) is 2.60. The Bertz CT molecular complexity index is 550. The summed E-state index contributed by atoms with van der Waals surface area (Å²) in [4.78, 5) is 24.4. The predicted molar refractivity (Wildman–Crippen MR) is 73.3 cm³/mol. The summed E-state index contributed by atoms with van der Waals surface area (Å²) in [6, 6.07) is 4.73. The lowest BCUT2D eigenvalue weighted by molar-refractivity contribution is -0.384. The van der Waals surface area contributed by atoms with Gasteiger partial charge in [-0.15, -0.1) is 0 Å². The number of amides is 1. The smallest absolute Gasteiger partial charge is 0.269 e. The van der Waals surface area contributed by atoms with E-state index in [0.717, 1.165) is 11.3 Å². The Morgan fingerprint density at radius 2 is 2.05 bits per heavy atom. The van der Waals surface area contributed by atoms with Crippen molar-refractivity contribution >= 4 is 17.3 Å². The van der Waals surface area contributed by atoms with Crippen molar-refractivity contribution in [2.45, 2.75) is 33.1 Å². The highest BCUT2D eigenvalue weighted by Crippen LogP contribution is 2.42. The Kier molecular flexibility index (Phi) is 3.08. The number of hydrogen-bond acceptors (Lipinski definition) is 3. The zero-order valence-corrected chi connectivity index (χ0v) is 11.6. The quantitative estimate of drug-likeness (QED) is 0.608. The summed E-state index contributed by atoms with van der Waals surface area (Å²) in [7, 11) is 0. The van der Waals surface area contributed by atoms with Crippen molar-refractivity contribution in [3.05, 3.63) is 33.9 Å². The first kappa shape index (κ1) is 13.5. The second-order valence-corrected chi connectivity index (χ2v) is 5.92. The zero-order chi connectivity index (χ0) is 14.4. The molecule has 5 heteroatoms. The number of benzene rings is 1. The van der Waals surface area contributed by atoms with E-state index in [1.54, 1.807) is 17.0 Å². The van der Waals surface area contributed by atoms with Crippen LogP contribution in [0.3, 0.4) is 0 Å². The van der Waals surface area contributed by atoms with Gasteiger partial charge in [0.05, 0.1) is 4.92 Å². The molecule has 1 heterocycles. The fourth-order valence-electron chi connectivity index (χ4n) is 2.49. The highest BCUT2D eigenvalue weighted by atomic mass is 16.6. The van der Waals surface area contributed by atoms with Gasteiger partial charge in [0.15, 0.2) is 0 Å². The number of anilines is 1. The molecule has 1 aliphatic heterocycles. The van der Waals surface area contributed by atoms with Gasteiger partial charge in [-0.2, -0.15) is 0 Å². The van der Waals surface area contributed by atoms with Crippen LogP contribution in [-0.2, 0) is 10.2 Å². The number of nitro benzene ring substituents is 1. The molecule has 0 fully saturated rings. The standard InChI is InChI=1S/C14H18N2O3/c1-9(2)13(17)15-8-14(3,4)11-7-10(16(18)19)5-6-12(11)15/h5-7,9H,8H2,1-4H3. The Morgan fingerprint density at radius 1 is 1.42 bits per heavy atom. The van der Waals surface area contributed by atoms with Gasteiger partial charge in [-0.1, -0.05) is 27.7 Å². The van der Waals surface area contributed by atoms with Crippen LogP contribution < -0.4 is 4.90 Å². The minimum atomic E-state index is -0.400. The van der Waals surface area contributed by atoms with Gasteiger partial charge in [0, 0.05) is 35.7 Å². The molecule has 0 saturated carbocycles. The Labute approximate surface area is 112 Å². The van der Waals surface area contributed by atoms with Crippen LogP contribution in [0.4, 0.5) is 11.4 Å². The van der Waals surface area contributed by atoms with Gasteiger partial charge in [-0.05, 0) is 11.6 Å². The van der Waals surface area contributed by atoms with Crippen LogP contribution in [0.1, 0.15) is 33.3 Å². The third-order valence-corrected chi connectivity index (χ3v) is 3.52. The van der Waals surface area contributed by atoms with Crippen molar-refractivity contribution in [3.63, 3.8) is 0 Å². The molecule has 1 aromatic carbocycles. The molecular weight excluding hydrogens is 244 g/mol. The molecule has 0 aliphatic carbocycles. The number of carbonyl (C=O) groups is 1. The van der Waals surface area contributed by atoms with E-state index >= 15 is 0 Å². The van der Waals surface area contributed by atoms with Crippen LogP contribution in [0.25, 0.3) is 0 Å². The average molecular weight is 262 g/mol. The monoisotopic (exact) mass is 262 g/mol. The molecular formula is C14H18N2O3. The van der Waals surface area contributed by atoms with E-state index in [4.69, 9.17) is 0 Å². The normalized spacial score (nSPS) is 16.6. The minimum Gasteiger partial charge on any atom is -0.311 e. The summed E-state index contributed by atoms with van der Waals surface area (Å²) in [5.74, 6) is -0.0300. The highest BCUT2D eigenvalue weighted by molar-refractivity contribution is 5.97. The van der Waals surface area contributed by atoms with Gasteiger partial charge < -0.3 is 4.90 Å². The molecule has 0 atom stereocenters. The maximum Gasteiger partial charge on any atom is 0.269 e. The molecule has 0 N–H and O–H groups in total. The summed E-state index contributed by atoms with van der Waals surface area (Å²) in [6.07, 6.45) is 0. The van der Waals surface area contributed by atoms with E-state index in [9.17, 15) is 14.9 Å². The maximum absolute atomic E-state index is 12.2. The fraction of sp³-hybridized carbons (Fsp3) is 0.500. The summed E-state index contributed by atoms with van der Waals surface area (Å²) in [6.45, 7) is 8.30. The third-order valence-electron chi connectivity index (χ3n) is 3.52. The van der Waals surface area contributed by atoms with Crippen molar-refractivity contribution in [2.75, 3.05) is 11.4 Å². The first-order valence-corrected chi connectivity index (χ1v) is 6.34. The van der Waals surface area contributed by atoms with Gasteiger partial charge in [-0.3, -0.25) is 14.9 Å². The minimum absolute atomic E-state index is 0.0562. The Balaban J connectivity index is 2.51. The van der Waals surface area contributed by atoms with Crippen LogP contribution >= 0.6 is 0 Å². The molecule has 0 bridgehead atoms. The van der Waals surface area contributed by atoms with E-state index in [1.165, 1.54) is 6.07 Å². The molecule has 2 rings (SSSR count). The molecule has 1 aromatic rings. The Morgan fingerprint density at radius 3 is 2.58 bits per heavy atom. The fourth-order valence-corrected chi connectivity index (χ4v) is 2.49. The lowest BCUT2D eigenvalue weighted by Crippen LogP contribution is -2.36. The summed E-state index contributed by atoms with van der Waals surface area (Å²) >= 11 is 0. The van der Waals surface area contributed by atoms with Crippen molar-refractivity contribution in [1.82, 2.24) is 0 Å². The van der Waals surface area contributed by atoms with Crippen LogP contribution in [0.2, 0.25) is 0 Å². The second-order valence-electron chi connectivity index (χ2n) is 5.92. The van der Waals surface area contributed by atoms with Crippen molar-refractivity contribution in [1.29, 1.82) is 0 Å². The second kappa shape index (κ2) is 4.33. The van der Waals surface area contributed by atoms with Gasteiger partial charge in [0.2, 0.25) is 5.91 Å². The van der Waals surface area contributed by atoms with Gasteiger partial charge in [0.1, 0.15) is 0 Å². The van der Waals surface area contributed by atoms with Crippen molar-refractivity contribution in [2.24, 2.45) is 5.92 Å². The summed E-state index contributed by atoms with van der Waals surface area (Å²) < 4.78 is 0. The molecule has 0 radical (unpaired) electrons. The highest BCUT2D eigenvalue weighted by Gasteiger charge is 2.39. The molecule has 102 valence electrons. The van der Waals surface area contributed by atoms with E-state index in [1.807, 2.05) is 27.7 Å². The molecule has 19 heavy (non-hydrogen) atoms. The molecule has 1 amide bonds. The number of non-ortho nitro benzene ring substituents is 1. The number of carbonyl (C=O) groups excluding carboxylic acids is 1. The zero-order valence-electron chi connectivity index (χ0n) is 11.6. The van der Waals surface area contributed by atoms with E-state index in [0.29, 0.717) is 6.54 Å². The lowest BCUT2D eigenvalue weighted by atomic mass is 9.87. The molecule has 0 unspecified atom stereocenters. The number of nitro groups is 1. The van der Waals surface area contributed by atoms with E-state index in [-0.39, 0.29) is 22.9 Å². The van der Waals surface area contributed by atoms with Gasteiger partial charge in [-0.25, -0.2) is 0 Å². The number of hydrogen-bond donors (Lipinski definition) is 0. The molecule has 1 aliphatic rings. The van der Waals surface area contributed by atoms with Gasteiger partial charge >= 0.3 is 0 Å². The number of nitrogens with zero attached hydrogens (tertiary/aromatic N) is 2. The SMILES string of the molecule is CC(C)C(=O)N1CC(C)(C)c2cc([N+](=O)[O-])ccc21. The molecule has 5 nitrogen and oxygen atoms in total. The molecule has 0 aromatic heterocycles. The Hall–Kier alpha value is -1.91. The van der Waals surface area contributed by atoms with E-state index in [2.05, 4.69) is 0 Å². The maximum atomic E-state index is 12.2. The first-order valence-electron chi connectivity index (χ1n) is 6.34. The lowest BCUT2D eigenvalue weighted by Gasteiger charge is -2.22. The van der Waals surface area contributed by atoms with Crippen molar-refractivity contribution < 1.29 is 9.72 Å². The topological polar surface area (TPSA) is 63.5 Å². The van der Waals surface area contributed by atoms with E-state index < -0.39 is 4.92 Å². The van der Waals surface area contributed by atoms with Crippen LogP contribution in [0, 0.1) is 16.0 Å². The van der Waals surface area contributed by atoms with Crippen LogP contribution in [0.5, 0.6) is 0 Å². The van der Waals surface area contributed by atoms with Crippen LogP contribution in [-0.4, -0.2) is 17.4 Å². The third kappa shape index (κ3) is 2.20. The van der Waals surface area contributed by atoms with Gasteiger partial charge in [0.25, 0.3) is 5.69 Å². The van der Waals surface area contributed by atoms with Crippen molar-refractivity contribution in [3.8, 4) is 0 Å². The number of rotatable bonds is 2. The number of fused-ring (bicyclic) bond motifs is 1. The first-order chi connectivity index (χ1) is 8.74. The predicted octanol–water partition coefficient (Wildman–Crippen LogP) is 2.88. The summed E-state index contributed by atoms with van der Waals surface area (Å²) in [5.41, 5.74) is 1.49.